The van der Waals surface area contributed by atoms with Crippen molar-refractivity contribution < 1.29 is 22.7 Å². The Morgan fingerprint density at radius 1 is 1.15 bits per heavy atom. The normalized spacial score (nSPS) is 20.7. The highest BCUT2D eigenvalue weighted by molar-refractivity contribution is 7.91. The zero-order valence-corrected chi connectivity index (χ0v) is 15.9. The number of hydrogen-bond acceptors (Lipinski definition) is 5. The monoisotopic (exact) mass is 381 g/mol. The fraction of sp³-hybridized carbons (Fsp3) is 0.632. The molecule has 26 heavy (non-hydrogen) atoms. The number of ether oxygens (including phenoxy) is 2. The zero-order valence-electron chi connectivity index (χ0n) is 15.0. The summed E-state index contributed by atoms with van der Waals surface area (Å²) in [7, 11) is -2.85. The largest absolute Gasteiger partial charge is 0.486 e. The van der Waals surface area contributed by atoms with Gasteiger partial charge in [0.15, 0.2) is 21.3 Å². The van der Waals surface area contributed by atoms with E-state index in [1.807, 2.05) is 12.1 Å². The maximum atomic E-state index is 11.9. The molecule has 1 aromatic rings. The number of benzene rings is 1. The molecule has 0 saturated carbocycles. The third-order valence-corrected chi connectivity index (χ3v) is 6.76. The third kappa shape index (κ3) is 5.62. The Hall–Kier alpha value is -1.76. The van der Waals surface area contributed by atoms with Crippen LogP contribution in [0.25, 0.3) is 0 Å². The van der Waals surface area contributed by atoms with Gasteiger partial charge >= 0.3 is 0 Å². The van der Waals surface area contributed by atoms with Crippen LogP contribution in [0, 0.1) is 5.92 Å². The number of hydrogen-bond donors (Lipinski definition) is 1. The van der Waals surface area contributed by atoms with Gasteiger partial charge in [-0.2, -0.15) is 0 Å². The molecule has 3 rings (SSSR count). The van der Waals surface area contributed by atoms with Crippen molar-refractivity contribution in [3.63, 3.8) is 0 Å². The second-order valence-electron chi connectivity index (χ2n) is 7.09. The van der Waals surface area contributed by atoms with Crippen molar-refractivity contribution in [3.05, 3.63) is 23.8 Å². The molecule has 2 heterocycles. The second-order valence-corrected chi connectivity index (χ2v) is 9.32. The Kier molecular flexibility index (Phi) is 6.40. The van der Waals surface area contributed by atoms with Crippen LogP contribution in [0.2, 0.25) is 0 Å². The molecule has 0 bridgehead atoms. The first-order valence-corrected chi connectivity index (χ1v) is 11.2. The molecule has 1 atom stereocenters. The molecular weight excluding hydrogens is 354 g/mol. The number of fused-ring (bicyclic) bond motifs is 1. The van der Waals surface area contributed by atoms with Gasteiger partial charge in [0.2, 0.25) is 5.91 Å². The summed E-state index contributed by atoms with van der Waals surface area (Å²) in [5.41, 5.74) is 1.21. The van der Waals surface area contributed by atoms with E-state index in [2.05, 4.69) is 11.4 Å². The minimum absolute atomic E-state index is 0.0219. The Morgan fingerprint density at radius 3 is 2.73 bits per heavy atom. The fourth-order valence-corrected chi connectivity index (χ4v) is 5.36. The van der Waals surface area contributed by atoms with Crippen molar-refractivity contribution in [1.29, 1.82) is 0 Å². The number of amides is 1. The summed E-state index contributed by atoms with van der Waals surface area (Å²) in [4.78, 5) is 11.9. The van der Waals surface area contributed by atoms with Gasteiger partial charge in [-0.1, -0.05) is 6.07 Å². The molecule has 0 aliphatic carbocycles. The highest BCUT2D eigenvalue weighted by Crippen LogP contribution is 2.31. The van der Waals surface area contributed by atoms with Gasteiger partial charge in [0.05, 0.1) is 11.5 Å². The van der Waals surface area contributed by atoms with E-state index in [9.17, 15) is 13.2 Å². The van der Waals surface area contributed by atoms with E-state index in [0.29, 0.717) is 39.0 Å². The number of carbonyl (C=O) groups is 1. The van der Waals surface area contributed by atoms with Gasteiger partial charge in [-0.15, -0.1) is 0 Å². The molecule has 6 nitrogen and oxygen atoms in total. The fourth-order valence-electron chi connectivity index (χ4n) is 3.45. The van der Waals surface area contributed by atoms with Crippen molar-refractivity contribution in [2.24, 2.45) is 5.92 Å². The number of nitrogens with one attached hydrogen (secondary N) is 1. The van der Waals surface area contributed by atoms with Crippen LogP contribution in [0.15, 0.2) is 18.2 Å². The molecule has 2 aliphatic heterocycles. The second kappa shape index (κ2) is 8.75. The molecule has 1 N–H and O–H groups in total. The highest BCUT2D eigenvalue weighted by Gasteiger charge is 2.27. The average molecular weight is 381 g/mol. The van der Waals surface area contributed by atoms with Crippen LogP contribution in [0.1, 0.15) is 37.7 Å². The molecule has 1 aromatic carbocycles. The topological polar surface area (TPSA) is 81.7 Å². The van der Waals surface area contributed by atoms with Gasteiger partial charge in [-0.05, 0) is 55.7 Å². The molecular formula is C19H27NO5S. The lowest BCUT2D eigenvalue weighted by molar-refractivity contribution is -0.121. The Labute approximate surface area is 155 Å². The predicted molar refractivity (Wildman–Crippen MR) is 99.4 cm³/mol. The smallest absolute Gasteiger partial charge is 0.220 e. The summed E-state index contributed by atoms with van der Waals surface area (Å²) in [6.45, 7) is 1.85. The molecule has 1 unspecified atom stereocenters. The molecule has 0 radical (unpaired) electrons. The molecule has 0 spiro atoms. The van der Waals surface area contributed by atoms with Gasteiger partial charge in [0.1, 0.15) is 13.2 Å². The first-order chi connectivity index (χ1) is 12.5. The number of unbranched alkanes of at least 4 members (excludes halogenated alkanes) is 1. The van der Waals surface area contributed by atoms with E-state index in [4.69, 9.17) is 9.47 Å². The lowest BCUT2D eigenvalue weighted by Crippen LogP contribution is -2.25. The maximum Gasteiger partial charge on any atom is 0.220 e. The summed E-state index contributed by atoms with van der Waals surface area (Å²) in [5.74, 6) is 2.32. The molecule has 7 heteroatoms. The molecule has 1 fully saturated rings. The standard InChI is InChI=1S/C19H27NO5S/c21-19(7-5-16-8-12-26(22,23)14-16)20-9-2-1-3-15-4-6-17-18(13-15)25-11-10-24-17/h4,6,13,16H,1-3,5,7-12,14H2,(H,20,21). The van der Waals surface area contributed by atoms with E-state index in [0.717, 1.165) is 30.8 Å². The molecule has 144 valence electrons. The van der Waals surface area contributed by atoms with Crippen molar-refractivity contribution in [1.82, 2.24) is 5.32 Å². The van der Waals surface area contributed by atoms with E-state index in [1.165, 1.54) is 5.56 Å². The van der Waals surface area contributed by atoms with Crippen LogP contribution in [0.3, 0.4) is 0 Å². The summed E-state index contributed by atoms with van der Waals surface area (Å²) in [5, 5.41) is 2.93. The van der Waals surface area contributed by atoms with Gasteiger partial charge < -0.3 is 14.8 Å². The van der Waals surface area contributed by atoms with Crippen LogP contribution in [-0.2, 0) is 21.1 Å². The number of sulfone groups is 1. The van der Waals surface area contributed by atoms with Crippen molar-refractivity contribution >= 4 is 15.7 Å². The van der Waals surface area contributed by atoms with Gasteiger partial charge in [-0.25, -0.2) is 8.42 Å². The van der Waals surface area contributed by atoms with E-state index < -0.39 is 9.84 Å². The third-order valence-electron chi connectivity index (χ3n) is 4.93. The first-order valence-electron chi connectivity index (χ1n) is 9.37. The minimum atomic E-state index is -2.85. The summed E-state index contributed by atoms with van der Waals surface area (Å²) < 4.78 is 33.9. The molecule has 0 aromatic heterocycles. The molecule has 1 saturated heterocycles. The number of rotatable bonds is 8. The van der Waals surface area contributed by atoms with Gasteiger partial charge in [0, 0.05) is 13.0 Å². The van der Waals surface area contributed by atoms with Crippen molar-refractivity contribution in [2.75, 3.05) is 31.3 Å². The van der Waals surface area contributed by atoms with E-state index in [-0.39, 0.29) is 23.3 Å². The average Bonchev–Trinajstić information content (AvgIpc) is 2.98. The molecule has 2 aliphatic rings. The van der Waals surface area contributed by atoms with Crippen molar-refractivity contribution in [2.45, 2.75) is 38.5 Å². The van der Waals surface area contributed by atoms with Gasteiger partial charge in [-0.3, -0.25) is 4.79 Å². The van der Waals surface area contributed by atoms with Crippen LogP contribution in [-0.4, -0.2) is 45.6 Å². The first kappa shape index (κ1) is 19.0. The van der Waals surface area contributed by atoms with Crippen LogP contribution in [0.5, 0.6) is 11.5 Å². The van der Waals surface area contributed by atoms with Crippen molar-refractivity contribution in [3.8, 4) is 11.5 Å². The quantitative estimate of drug-likeness (QED) is 0.698. The summed E-state index contributed by atoms with van der Waals surface area (Å²) >= 11 is 0. The SMILES string of the molecule is O=C(CCC1CCS(=O)(=O)C1)NCCCCc1ccc2c(c1)OCCO2. The van der Waals surface area contributed by atoms with E-state index in [1.54, 1.807) is 0 Å². The van der Waals surface area contributed by atoms with Crippen LogP contribution in [0.4, 0.5) is 0 Å². The number of carbonyl (C=O) groups excluding carboxylic acids is 1. The highest BCUT2D eigenvalue weighted by atomic mass is 32.2. The van der Waals surface area contributed by atoms with Crippen LogP contribution < -0.4 is 14.8 Å². The van der Waals surface area contributed by atoms with E-state index >= 15 is 0 Å². The number of aryl methyl sites for hydroxylation is 1. The Bertz CT molecular complexity index is 731. The zero-order chi connectivity index (χ0) is 18.4. The molecule has 1 amide bonds. The lowest BCUT2D eigenvalue weighted by atomic mass is 10.0. The van der Waals surface area contributed by atoms with Crippen LogP contribution >= 0.6 is 0 Å². The Balaban J connectivity index is 1.28. The predicted octanol–water partition coefficient (Wildman–Crippen LogP) is 2.11. The summed E-state index contributed by atoms with van der Waals surface area (Å²) in [6, 6.07) is 6.04. The maximum absolute atomic E-state index is 11.9. The van der Waals surface area contributed by atoms with Gasteiger partial charge in [0.25, 0.3) is 0 Å². The Morgan fingerprint density at radius 2 is 1.96 bits per heavy atom. The lowest BCUT2D eigenvalue weighted by Gasteiger charge is -2.18. The summed E-state index contributed by atoms with van der Waals surface area (Å²) in [6.07, 6.45) is 4.63. The minimum Gasteiger partial charge on any atom is -0.486 e.